The van der Waals surface area contributed by atoms with E-state index in [4.69, 9.17) is 0 Å². The summed E-state index contributed by atoms with van der Waals surface area (Å²) in [4.78, 5) is 0. The second-order valence-electron chi connectivity index (χ2n) is 4.00. The van der Waals surface area contributed by atoms with E-state index in [0.717, 1.165) is 23.8 Å². The summed E-state index contributed by atoms with van der Waals surface area (Å²) in [6, 6.07) is 0.731. The SMILES string of the molecule is CC(C)[C@@H]1[C@H](C)CN[C@@H]1C. The van der Waals surface area contributed by atoms with Gasteiger partial charge in [0.25, 0.3) is 0 Å². The third kappa shape index (κ3) is 1.34. The maximum Gasteiger partial charge on any atom is 0.00725 e. The Morgan fingerprint density at radius 1 is 1.30 bits per heavy atom. The molecule has 10 heavy (non-hydrogen) atoms. The Morgan fingerprint density at radius 2 is 1.90 bits per heavy atom. The van der Waals surface area contributed by atoms with Crippen molar-refractivity contribution in [1.82, 2.24) is 5.32 Å². The fourth-order valence-corrected chi connectivity index (χ4v) is 2.37. The van der Waals surface area contributed by atoms with Gasteiger partial charge in [0.05, 0.1) is 0 Å². The van der Waals surface area contributed by atoms with E-state index in [1.54, 1.807) is 0 Å². The van der Waals surface area contributed by atoms with Crippen molar-refractivity contribution in [3.05, 3.63) is 0 Å². The molecule has 1 N–H and O–H groups in total. The first kappa shape index (κ1) is 8.06. The van der Waals surface area contributed by atoms with Gasteiger partial charge >= 0.3 is 0 Å². The van der Waals surface area contributed by atoms with Crippen LogP contribution in [-0.2, 0) is 0 Å². The van der Waals surface area contributed by atoms with Crippen LogP contribution in [0, 0.1) is 17.8 Å². The summed E-state index contributed by atoms with van der Waals surface area (Å²) in [5.41, 5.74) is 0. The lowest BCUT2D eigenvalue weighted by Crippen LogP contribution is -2.26. The van der Waals surface area contributed by atoms with Crippen LogP contribution < -0.4 is 5.32 Å². The quantitative estimate of drug-likeness (QED) is 0.588. The highest BCUT2D eigenvalue weighted by molar-refractivity contribution is 4.86. The van der Waals surface area contributed by atoms with Crippen LogP contribution in [0.4, 0.5) is 0 Å². The molecule has 1 aliphatic heterocycles. The zero-order valence-electron chi connectivity index (χ0n) is 7.52. The predicted molar refractivity (Wildman–Crippen MR) is 45.0 cm³/mol. The number of nitrogens with one attached hydrogen (secondary N) is 1. The Kier molecular flexibility index (Phi) is 2.35. The van der Waals surface area contributed by atoms with Crippen LogP contribution in [0.25, 0.3) is 0 Å². The van der Waals surface area contributed by atoms with Crippen LogP contribution in [0.1, 0.15) is 27.7 Å². The maximum atomic E-state index is 3.50. The van der Waals surface area contributed by atoms with Crippen molar-refractivity contribution < 1.29 is 0 Å². The molecule has 1 heterocycles. The smallest absolute Gasteiger partial charge is 0.00725 e. The minimum absolute atomic E-state index is 0.731. The molecule has 0 aromatic carbocycles. The number of hydrogen-bond donors (Lipinski definition) is 1. The topological polar surface area (TPSA) is 12.0 Å². The average molecular weight is 141 g/mol. The van der Waals surface area contributed by atoms with Crippen LogP contribution in [0.2, 0.25) is 0 Å². The minimum atomic E-state index is 0.731. The van der Waals surface area contributed by atoms with Gasteiger partial charge in [0.1, 0.15) is 0 Å². The van der Waals surface area contributed by atoms with Crippen molar-refractivity contribution in [2.45, 2.75) is 33.7 Å². The van der Waals surface area contributed by atoms with Gasteiger partial charge in [-0.3, -0.25) is 0 Å². The summed E-state index contributed by atoms with van der Waals surface area (Å²) in [7, 11) is 0. The van der Waals surface area contributed by atoms with Gasteiger partial charge in [-0.2, -0.15) is 0 Å². The Bertz CT molecular complexity index is 99.3. The zero-order valence-corrected chi connectivity index (χ0v) is 7.52. The molecule has 0 aromatic rings. The van der Waals surface area contributed by atoms with E-state index in [0.29, 0.717) is 0 Å². The second-order valence-corrected chi connectivity index (χ2v) is 4.00. The van der Waals surface area contributed by atoms with Crippen molar-refractivity contribution >= 4 is 0 Å². The van der Waals surface area contributed by atoms with Gasteiger partial charge in [-0.25, -0.2) is 0 Å². The van der Waals surface area contributed by atoms with Gasteiger partial charge in [-0.15, -0.1) is 0 Å². The second kappa shape index (κ2) is 2.91. The Morgan fingerprint density at radius 3 is 2.10 bits per heavy atom. The molecule has 0 amide bonds. The van der Waals surface area contributed by atoms with Gasteiger partial charge in [0.15, 0.2) is 0 Å². The molecule has 1 heteroatoms. The summed E-state index contributed by atoms with van der Waals surface area (Å²) >= 11 is 0. The van der Waals surface area contributed by atoms with Gasteiger partial charge in [0.2, 0.25) is 0 Å². The first-order valence-electron chi connectivity index (χ1n) is 4.36. The molecule has 1 saturated heterocycles. The van der Waals surface area contributed by atoms with Crippen molar-refractivity contribution in [1.29, 1.82) is 0 Å². The van der Waals surface area contributed by atoms with Crippen LogP contribution in [0.15, 0.2) is 0 Å². The molecule has 0 spiro atoms. The molecule has 60 valence electrons. The highest BCUT2D eigenvalue weighted by Crippen LogP contribution is 2.28. The summed E-state index contributed by atoms with van der Waals surface area (Å²) < 4.78 is 0. The Hall–Kier alpha value is -0.0400. The van der Waals surface area contributed by atoms with E-state index in [1.807, 2.05) is 0 Å². The third-order valence-corrected chi connectivity index (χ3v) is 2.77. The molecule has 1 fully saturated rings. The molecule has 1 nitrogen and oxygen atoms in total. The lowest BCUT2D eigenvalue weighted by Gasteiger charge is -2.22. The van der Waals surface area contributed by atoms with E-state index in [2.05, 4.69) is 33.0 Å². The first-order valence-corrected chi connectivity index (χ1v) is 4.36. The molecular formula is C9H19N. The largest absolute Gasteiger partial charge is 0.314 e. The van der Waals surface area contributed by atoms with Crippen molar-refractivity contribution in [3.63, 3.8) is 0 Å². The summed E-state index contributed by atoms with van der Waals surface area (Å²) in [5.74, 6) is 2.59. The lowest BCUT2D eigenvalue weighted by molar-refractivity contribution is 0.296. The van der Waals surface area contributed by atoms with Gasteiger partial charge in [-0.05, 0) is 31.2 Å². The molecular weight excluding hydrogens is 122 g/mol. The first-order chi connectivity index (χ1) is 4.63. The average Bonchev–Trinajstić information content (AvgIpc) is 2.11. The Labute approximate surface area is 64.2 Å². The van der Waals surface area contributed by atoms with E-state index in [-0.39, 0.29) is 0 Å². The molecule has 0 aliphatic carbocycles. The van der Waals surface area contributed by atoms with Crippen molar-refractivity contribution in [2.24, 2.45) is 17.8 Å². The van der Waals surface area contributed by atoms with E-state index in [9.17, 15) is 0 Å². The molecule has 3 atom stereocenters. The number of rotatable bonds is 1. The predicted octanol–water partition coefficient (Wildman–Crippen LogP) is 1.89. The standard InChI is InChI=1S/C9H19N/c1-6(2)9-7(3)5-10-8(9)4/h6-10H,5H2,1-4H3/t7-,8-,9-/m1/s1. The fourth-order valence-electron chi connectivity index (χ4n) is 2.37. The van der Waals surface area contributed by atoms with Gasteiger partial charge in [0, 0.05) is 6.04 Å². The lowest BCUT2D eigenvalue weighted by atomic mass is 9.83. The van der Waals surface area contributed by atoms with E-state index in [1.165, 1.54) is 6.54 Å². The van der Waals surface area contributed by atoms with Crippen LogP contribution in [-0.4, -0.2) is 12.6 Å². The third-order valence-electron chi connectivity index (χ3n) is 2.77. The molecule has 0 bridgehead atoms. The number of hydrogen-bond acceptors (Lipinski definition) is 1. The van der Waals surface area contributed by atoms with Crippen molar-refractivity contribution in [3.8, 4) is 0 Å². The molecule has 1 aliphatic rings. The summed E-state index contributed by atoms with van der Waals surface area (Å²) in [6.45, 7) is 10.5. The van der Waals surface area contributed by atoms with Crippen LogP contribution >= 0.6 is 0 Å². The van der Waals surface area contributed by atoms with Crippen LogP contribution in [0.5, 0.6) is 0 Å². The van der Waals surface area contributed by atoms with Gasteiger partial charge in [-0.1, -0.05) is 20.8 Å². The zero-order chi connectivity index (χ0) is 7.72. The summed E-state index contributed by atoms with van der Waals surface area (Å²) in [5, 5.41) is 3.50. The van der Waals surface area contributed by atoms with Gasteiger partial charge < -0.3 is 5.32 Å². The molecule has 0 saturated carbocycles. The van der Waals surface area contributed by atoms with E-state index < -0.39 is 0 Å². The monoisotopic (exact) mass is 141 g/mol. The van der Waals surface area contributed by atoms with Crippen molar-refractivity contribution in [2.75, 3.05) is 6.54 Å². The molecule has 0 radical (unpaired) electrons. The Balaban J connectivity index is 2.54. The fraction of sp³-hybridized carbons (Fsp3) is 1.00. The molecule has 1 rings (SSSR count). The molecule has 0 aromatic heterocycles. The summed E-state index contributed by atoms with van der Waals surface area (Å²) in [6.07, 6.45) is 0. The minimum Gasteiger partial charge on any atom is -0.314 e. The van der Waals surface area contributed by atoms with E-state index >= 15 is 0 Å². The maximum absolute atomic E-state index is 3.50. The highest BCUT2D eigenvalue weighted by atomic mass is 15.0. The van der Waals surface area contributed by atoms with Crippen LogP contribution in [0.3, 0.4) is 0 Å². The molecule has 0 unspecified atom stereocenters. The normalized spacial score (nSPS) is 41.1. The highest BCUT2D eigenvalue weighted by Gasteiger charge is 2.31.